The Bertz CT molecular complexity index is 792. The summed E-state index contributed by atoms with van der Waals surface area (Å²) in [6.45, 7) is 3.69. The molecule has 0 saturated heterocycles. The number of hydrogen-bond donors (Lipinski definition) is 1. The molecule has 25 heavy (non-hydrogen) atoms. The molecule has 0 unspecified atom stereocenters. The van der Waals surface area contributed by atoms with E-state index in [0.717, 1.165) is 11.8 Å². The summed E-state index contributed by atoms with van der Waals surface area (Å²) in [4.78, 5) is 12.8. The molecule has 0 spiro atoms. The van der Waals surface area contributed by atoms with Gasteiger partial charge in [0.15, 0.2) is 0 Å². The van der Waals surface area contributed by atoms with Crippen LogP contribution in [0.1, 0.15) is 31.9 Å². The molecule has 0 bridgehead atoms. The predicted octanol–water partition coefficient (Wildman–Crippen LogP) is 3.11. The van der Waals surface area contributed by atoms with Crippen LogP contribution in [0.5, 0.6) is 0 Å². The van der Waals surface area contributed by atoms with Crippen molar-refractivity contribution < 1.29 is 13.2 Å². The van der Waals surface area contributed by atoms with Gasteiger partial charge in [0, 0.05) is 0 Å². The van der Waals surface area contributed by atoms with Crippen LogP contribution in [0.2, 0.25) is 0 Å². The Morgan fingerprint density at radius 2 is 1.56 bits per heavy atom. The first-order valence-corrected chi connectivity index (χ1v) is 10.1. The van der Waals surface area contributed by atoms with Gasteiger partial charge in [0.2, 0.25) is 15.9 Å². The minimum absolute atomic E-state index is 0.208. The van der Waals surface area contributed by atoms with Gasteiger partial charge in [0.1, 0.15) is 6.04 Å². The van der Waals surface area contributed by atoms with Gasteiger partial charge in [-0.3, -0.25) is 9.10 Å². The Balaban J connectivity index is 2.27. The molecular formula is C19H24N2O3S. The summed E-state index contributed by atoms with van der Waals surface area (Å²) in [5.74, 6) is -0.312. The number of carbonyl (C=O) groups excluding carboxylic acids is 1. The van der Waals surface area contributed by atoms with Crippen LogP contribution < -0.4 is 9.62 Å². The van der Waals surface area contributed by atoms with Crippen molar-refractivity contribution in [2.24, 2.45) is 0 Å². The fourth-order valence-electron chi connectivity index (χ4n) is 2.77. The first kappa shape index (κ1) is 19.0. The molecule has 1 amide bonds. The van der Waals surface area contributed by atoms with Gasteiger partial charge in [0.25, 0.3) is 0 Å². The van der Waals surface area contributed by atoms with Crippen molar-refractivity contribution in [1.29, 1.82) is 0 Å². The molecule has 0 saturated carbocycles. The molecule has 0 fully saturated rings. The van der Waals surface area contributed by atoms with E-state index in [4.69, 9.17) is 0 Å². The highest BCUT2D eigenvalue weighted by Gasteiger charge is 2.31. The maximum Gasteiger partial charge on any atom is 0.244 e. The Labute approximate surface area is 149 Å². The molecule has 0 aliphatic rings. The molecule has 0 aliphatic carbocycles. The third-order valence-corrected chi connectivity index (χ3v) is 5.18. The van der Waals surface area contributed by atoms with Crippen LogP contribution in [0, 0.1) is 0 Å². The molecule has 0 aliphatic heterocycles. The van der Waals surface area contributed by atoms with Gasteiger partial charge in [-0.1, -0.05) is 55.5 Å². The summed E-state index contributed by atoms with van der Waals surface area (Å²) in [5, 5.41) is 2.92. The average Bonchev–Trinajstić information content (AvgIpc) is 2.59. The monoisotopic (exact) mass is 360 g/mol. The van der Waals surface area contributed by atoms with Gasteiger partial charge in [-0.25, -0.2) is 8.42 Å². The summed E-state index contributed by atoms with van der Waals surface area (Å²) in [7, 11) is -3.60. The van der Waals surface area contributed by atoms with Gasteiger partial charge in [-0.05, 0) is 31.0 Å². The summed E-state index contributed by atoms with van der Waals surface area (Å²) in [6.07, 6.45) is 1.49. The van der Waals surface area contributed by atoms with Crippen molar-refractivity contribution >= 4 is 21.6 Å². The lowest BCUT2D eigenvalue weighted by molar-refractivity contribution is -0.122. The number of benzene rings is 2. The maximum atomic E-state index is 12.8. The van der Waals surface area contributed by atoms with Crippen LogP contribution in [0.25, 0.3) is 0 Å². The Hall–Kier alpha value is -2.34. The SMILES string of the molecule is CC[C@@H](C(=O)N[C@H](C)c1ccccc1)N(c1ccccc1)S(C)(=O)=O. The maximum absolute atomic E-state index is 12.8. The highest BCUT2D eigenvalue weighted by molar-refractivity contribution is 7.92. The second kappa shape index (κ2) is 8.16. The molecule has 1 N–H and O–H groups in total. The number of hydrogen-bond acceptors (Lipinski definition) is 3. The number of sulfonamides is 1. The number of rotatable bonds is 7. The van der Waals surface area contributed by atoms with E-state index in [0.29, 0.717) is 12.1 Å². The van der Waals surface area contributed by atoms with Crippen molar-refractivity contribution in [2.75, 3.05) is 10.6 Å². The third-order valence-electron chi connectivity index (χ3n) is 4.00. The molecule has 0 heterocycles. The lowest BCUT2D eigenvalue weighted by Gasteiger charge is -2.31. The molecule has 134 valence electrons. The van der Waals surface area contributed by atoms with E-state index < -0.39 is 16.1 Å². The number of nitrogens with one attached hydrogen (secondary N) is 1. The van der Waals surface area contributed by atoms with Crippen molar-refractivity contribution in [3.63, 3.8) is 0 Å². The van der Waals surface area contributed by atoms with Crippen LogP contribution in [0.4, 0.5) is 5.69 Å². The number of carbonyl (C=O) groups is 1. The van der Waals surface area contributed by atoms with E-state index in [1.54, 1.807) is 31.2 Å². The lowest BCUT2D eigenvalue weighted by Crippen LogP contribution is -2.49. The van der Waals surface area contributed by atoms with Crippen molar-refractivity contribution in [1.82, 2.24) is 5.32 Å². The highest BCUT2D eigenvalue weighted by Crippen LogP contribution is 2.22. The van der Waals surface area contributed by atoms with Crippen molar-refractivity contribution in [3.05, 3.63) is 66.2 Å². The molecule has 5 nitrogen and oxygen atoms in total. The molecule has 2 aromatic carbocycles. The van der Waals surface area contributed by atoms with Gasteiger partial charge in [0.05, 0.1) is 18.0 Å². The fraction of sp³-hybridized carbons (Fsp3) is 0.316. The molecule has 2 atom stereocenters. The molecule has 0 radical (unpaired) electrons. The zero-order chi connectivity index (χ0) is 18.4. The molecule has 2 rings (SSSR count). The molecule has 0 aromatic heterocycles. The minimum atomic E-state index is -3.60. The Kier molecular flexibility index (Phi) is 6.20. The van der Waals surface area contributed by atoms with E-state index in [-0.39, 0.29) is 11.9 Å². The summed E-state index contributed by atoms with van der Waals surface area (Å²) in [6, 6.07) is 17.3. The zero-order valence-electron chi connectivity index (χ0n) is 14.7. The van der Waals surface area contributed by atoms with E-state index in [9.17, 15) is 13.2 Å². The van der Waals surface area contributed by atoms with Crippen LogP contribution in [-0.4, -0.2) is 26.6 Å². The van der Waals surface area contributed by atoms with Crippen LogP contribution in [0.3, 0.4) is 0 Å². The Morgan fingerprint density at radius 1 is 1.04 bits per heavy atom. The van der Waals surface area contributed by atoms with E-state index in [1.165, 1.54) is 4.31 Å². The van der Waals surface area contributed by atoms with Crippen LogP contribution >= 0.6 is 0 Å². The fourth-order valence-corrected chi connectivity index (χ4v) is 3.98. The first-order chi connectivity index (χ1) is 11.8. The van der Waals surface area contributed by atoms with Crippen molar-refractivity contribution in [2.45, 2.75) is 32.4 Å². The quantitative estimate of drug-likeness (QED) is 0.825. The van der Waals surface area contributed by atoms with Gasteiger partial charge in [-0.2, -0.15) is 0 Å². The topological polar surface area (TPSA) is 66.5 Å². The first-order valence-electron chi connectivity index (χ1n) is 8.24. The van der Waals surface area contributed by atoms with E-state index in [1.807, 2.05) is 43.3 Å². The van der Waals surface area contributed by atoms with Gasteiger partial charge in [-0.15, -0.1) is 0 Å². The normalized spacial score (nSPS) is 13.7. The number of anilines is 1. The van der Waals surface area contributed by atoms with Crippen molar-refractivity contribution in [3.8, 4) is 0 Å². The Morgan fingerprint density at radius 3 is 2.04 bits per heavy atom. The largest absolute Gasteiger partial charge is 0.348 e. The lowest BCUT2D eigenvalue weighted by atomic mass is 10.1. The number of amides is 1. The minimum Gasteiger partial charge on any atom is -0.348 e. The molecule has 2 aromatic rings. The molecular weight excluding hydrogens is 336 g/mol. The van der Waals surface area contributed by atoms with Crippen LogP contribution in [-0.2, 0) is 14.8 Å². The number of para-hydroxylation sites is 1. The zero-order valence-corrected chi connectivity index (χ0v) is 15.5. The second-order valence-corrected chi connectivity index (χ2v) is 7.82. The third kappa shape index (κ3) is 4.82. The number of nitrogens with zero attached hydrogens (tertiary/aromatic N) is 1. The highest BCUT2D eigenvalue weighted by atomic mass is 32.2. The van der Waals surface area contributed by atoms with E-state index >= 15 is 0 Å². The second-order valence-electron chi connectivity index (χ2n) is 5.96. The van der Waals surface area contributed by atoms with Gasteiger partial charge < -0.3 is 5.32 Å². The summed E-state index contributed by atoms with van der Waals surface area (Å²) < 4.78 is 25.9. The van der Waals surface area contributed by atoms with Gasteiger partial charge >= 0.3 is 0 Å². The van der Waals surface area contributed by atoms with Crippen LogP contribution in [0.15, 0.2) is 60.7 Å². The summed E-state index contributed by atoms with van der Waals surface area (Å²) >= 11 is 0. The average molecular weight is 360 g/mol. The standard InChI is InChI=1S/C19H24N2O3S/c1-4-18(19(22)20-15(2)16-11-7-5-8-12-16)21(25(3,23)24)17-13-9-6-10-14-17/h5-15,18H,4H2,1-3H3,(H,20,22)/t15-,18+/m1/s1. The molecule has 6 heteroatoms. The van der Waals surface area contributed by atoms with E-state index in [2.05, 4.69) is 5.32 Å². The predicted molar refractivity (Wildman–Crippen MR) is 101 cm³/mol. The summed E-state index contributed by atoms with van der Waals surface area (Å²) in [5.41, 5.74) is 1.45. The smallest absolute Gasteiger partial charge is 0.244 e.